The van der Waals surface area contributed by atoms with E-state index in [2.05, 4.69) is 14.7 Å². The minimum atomic E-state index is -0.379. The van der Waals surface area contributed by atoms with Gasteiger partial charge in [-0.2, -0.15) is 5.26 Å². The zero-order valence-electron chi connectivity index (χ0n) is 16.8. The van der Waals surface area contributed by atoms with Crippen LogP contribution in [0, 0.1) is 17.9 Å². The molecule has 0 bridgehead atoms. The molecule has 2 aromatic heterocycles. The molecule has 1 saturated heterocycles. The fraction of sp³-hybridized carbons (Fsp3) is 0.273. The van der Waals surface area contributed by atoms with Crippen molar-refractivity contribution in [1.29, 1.82) is 5.26 Å². The molecular weight excluding hydrogens is 416 g/mol. The molecule has 0 atom stereocenters. The van der Waals surface area contributed by atoms with Crippen molar-refractivity contribution in [2.24, 2.45) is 7.05 Å². The van der Waals surface area contributed by atoms with E-state index in [1.165, 1.54) is 10.6 Å². The highest BCUT2D eigenvalue weighted by atomic mass is 35.5. The number of aromatic hydroxyl groups is 1. The Morgan fingerprint density at radius 1 is 1.26 bits per heavy atom. The van der Waals surface area contributed by atoms with Crippen LogP contribution >= 0.6 is 11.6 Å². The third-order valence-electron chi connectivity index (χ3n) is 5.56. The maximum absolute atomic E-state index is 12.8. The molecule has 1 aromatic carbocycles. The van der Waals surface area contributed by atoms with Crippen LogP contribution in [-0.4, -0.2) is 45.7 Å². The zero-order valence-corrected chi connectivity index (χ0v) is 17.6. The van der Waals surface area contributed by atoms with E-state index >= 15 is 0 Å². The monoisotopic (exact) mass is 434 g/mol. The highest BCUT2D eigenvalue weighted by Crippen LogP contribution is 2.30. The molecule has 31 heavy (non-hydrogen) atoms. The molecule has 4 rings (SSSR count). The Balaban J connectivity index is 1.66. The lowest BCUT2D eigenvalue weighted by molar-refractivity contribution is 0.247. The molecule has 1 fully saturated rings. The van der Waals surface area contributed by atoms with Gasteiger partial charge in [0.1, 0.15) is 23.1 Å². The van der Waals surface area contributed by atoms with Crippen molar-refractivity contribution in [2.75, 3.05) is 31.1 Å². The molecule has 156 valence electrons. The van der Waals surface area contributed by atoms with E-state index in [4.69, 9.17) is 18.2 Å². The van der Waals surface area contributed by atoms with Crippen molar-refractivity contribution in [2.45, 2.75) is 6.54 Å². The number of hydrogen-bond acceptors (Lipinski definition) is 6. The van der Waals surface area contributed by atoms with Crippen LogP contribution in [0.1, 0.15) is 11.1 Å². The predicted octanol–water partition coefficient (Wildman–Crippen LogP) is 3.04. The van der Waals surface area contributed by atoms with Crippen LogP contribution in [0.5, 0.6) is 5.75 Å². The average molecular weight is 435 g/mol. The summed E-state index contributed by atoms with van der Waals surface area (Å²) in [7, 11) is 1.60. The number of nitriles is 1. The van der Waals surface area contributed by atoms with Gasteiger partial charge in [0, 0.05) is 50.4 Å². The number of rotatable bonds is 3. The third kappa shape index (κ3) is 3.79. The topological polar surface area (TPSA) is 89.8 Å². The standard InChI is InChI=1S/C22H19ClN6O2/c1-25-19-6-5-17-20(26-19)21(16(12-24)22(31)27(17)2)29-9-7-28(8-10-29)13-14-3-4-15(23)11-18(14)30/h3-6,11,30H,7-10,13H2,2H3. The number of phenolic OH excluding ortho intramolecular Hbond substituents is 1. The van der Waals surface area contributed by atoms with Crippen LogP contribution in [0.2, 0.25) is 5.02 Å². The van der Waals surface area contributed by atoms with Crippen molar-refractivity contribution < 1.29 is 5.11 Å². The number of anilines is 1. The van der Waals surface area contributed by atoms with Crippen molar-refractivity contribution in [1.82, 2.24) is 14.5 Å². The summed E-state index contributed by atoms with van der Waals surface area (Å²) in [5.74, 6) is 0.378. The normalized spacial score (nSPS) is 14.4. The summed E-state index contributed by atoms with van der Waals surface area (Å²) in [6, 6.07) is 10.4. The fourth-order valence-electron chi connectivity index (χ4n) is 3.90. The molecule has 8 nitrogen and oxygen atoms in total. The quantitative estimate of drug-likeness (QED) is 0.637. The summed E-state index contributed by atoms with van der Waals surface area (Å²) in [6.45, 7) is 10.3. The minimum Gasteiger partial charge on any atom is -0.508 e. The lowest BCUT2D eigenvalue weighted by Crippen LogP contribution is -2.47. The number of nitrogens with zero attached hydrogens (tertiary/aromatic N) is 6. The molecule has 0 spiro atoms. The van der Waals surface area contributed by atoms with Gasteiger partial charge in [-0.3, -0.25) is 9.69 Å². The van der Waals surface area contributed by atoms with Gasteiger partial charge in [-0.25, -0.2) is 0 Å². The highest BCUT2D eigenvalue weighted by molar-refractivity contribution is 6.30. The minimum absolute atomic E-state index is 0.0356. The zero-order chi connectivity index (χ0) is 22.1. The van der Waals surface area contributed by atoms with Crippen molar-refractivity contribution in [3.63, 3.8) is 0 Å². The summed E-state index contributed by atoms with van der Waals surface area (Å²) in [4.78, 5) is 24.8. The SMILES string of the molecule is [C-]#[N+]c1ccc2c(n1)c(N1CCN(Cc3ccc(Cl)cc3O)CC1)c(C#N)c(=O)n2C. The lowest BCUT2D eigenvalue weighted by atomic mass is 10.1. The molecule has 1 N–H and O–H groups in total. The third-order valence-corrected chi connectivity index (χ3v) is 5.79. The summed E-state index contributed by atoms with van der Waals surface area (Å²) >= 11 is 5.91. The number of halogens is 1. The van der Waals surface area contributed by atoms with Gasteiger partial charge >= 0.3 is 0 Å². The first-order chi connectivity index (χ1) is 14.9. The number of pyridine rings is 2. The van der Waals surface area contributed by atoms with Crippen LogP contribution in [0.25, 0.3) is 15.9 Å². The van der Waals surface area contributed by atoms with Crippen molar-refractivity contribution in [3.8, 4) is 11.8 Å². The van der Waals surface area contributed by atoms with Crippen LogP contribution in [0.15, 0.2) is 35.1 Å². The van der Waals surface area contributed by atoms with E-state index in [1.54, 1.807) is 25.2 Å². The molecular formula is C22H19ClN6O2. The Morgan fingerprint density at radius 2 is 2.00 bits per heavy atom. The first-order valence-electron chi connectivity index (χ1n) is 9.69. The van der Waals surface area contributed by atoms with Crippen LogP contribution in [0.4, 0.5) is 11.5 Å². The summed E-state index contributed by atoms with van der Waals surface area (Å²) in [6.07, 6.45) is 0. The van der Waals surface area contributed by atoms with E-state index in [-0.39, 0.29) is 22.7 Å². The van der Waals surface area contributed by atoms with Gasteiger partial charge in [-0.15, -0.1) is 4.98 Å². The Morgan fingerprint density at radius 3 is 2.65 bits per heavy atom. The van der Waals surface area contributed by atoms with Crippen LogP contribution in [-0.2, 0) is 13.6 Å². The largest absolute Gasteiger partial charge is 0.508 e. The molecule has 3 aromatic rings. The Labute approximate surface area is 184 Å². The van der Waals surface area contributed by atoms with Gasteiger partial charge in [0.05, 0.1) is 5.52 Å². The molecule has 0 radical (unpaired) electrons. The first-order valence-corrected chi connectivity index (χ1v) is 10.1. The second-order valence-electron chi connectivity index (χ2n) is 7.38. The molecule has 0 saturated carbocycles. The summed E-state index contributed by atoms with van der Waals surface area (Å²) in [5, 5.41) is 20.3. The van der Waals surface area contributed by atoms with Crippen molar-refractivity contribution >= 4 is 34.1 Å². The lowest BCUT2D eigenvalue weighted by Gasteiger charge is -2.36. The molecule has 0 unspecified atom stereocenters. The summed E-state index contributed by atoms with van der Waals surface area (Å²) in [5.41, 5.74) is 2.00. The fourth-order valence-corrected chi connectivity index (χ4v) is 4.06. The van der Waals surface area contributed by atoms with Gasteiger partial charge in [0.25, 0.3) is 11.4 Å². The Kier molecular flexibility index (Phi) is 5.51. The average Bonchev–Trinajstić information content (AvgIpc) is 2.78. The van der Waals surface area contributed by atoms with E-state index in [0.717, 1.165) is 5.56 Å². The molecule has 1 aliphatic heterocycles. The van der Waals surface area contributed by atoms with Gasteiger partial charge in [-0.1, -0.05) is 24.2 Å². The van der Waals surface area contributed by atoms with Gasteiger partial charge < -0.3 is 19.4 Å². The molecule has 3 heterocycles. The second kappa shape index (κ2) is 8.27. The molecule has 1 aliphatic rings. The van der Waals surface area contributed by atoms with Gasteiger partial charge in [0.15, 0.2) is 0 Å². The Hall–Kier alpha value is -3.59. The maximum Gasteiger partial charge on any atom is 0.271 e. The van der Waals surface area contributed by atoms with Crippen LogP contribution < -0.4 is 10.5 Å². The van der Waals surface area contributed by atoms with Crippen molar-refractivity contribution in [3.05, 3.63) is 68.3 Å². The number of aryl methyl sites for hydroxylation is 1. The number of fused-ring (bicyclic) bond motifs is 1. The van der Waals surface area contributed by atoms with Gasteiger partial charge in [0.2, 0.25) is 5.52 Å². The van der Waals surface area contributed by atoms with Gasteiger partial charge in [-0.05, 0) is 24.3 Å². The number of benzene rings is 1. The predicted molar refractivity (Wildman–Crippen MR) is 119 cm³/mol. The molecule has 0 amide bonds. The molecule has 9 heteroatoms. The number of hydrogen-bond donors (Lipinski definition) is 1. The van der Waals surface area contributed by atoms with Crippen LogP contribution in [0.3, 0.4) is 0 Å². The Bertz CT molecular complexity index is 1310. The van der Waals surface area contributed by atoms with E-state index in [9.17, 15) is 15.2 Å². The smallest absolute Gasteiger partial charge is 0.271 e. The maximum atomic E-state index is 12.8. The highest BCUT2D eigenvalue weighted by Gasteiger charge is 2.27. The first kappa shape index (κ1) is 20.7. The van der Waals surface area contributed by atoms with E-state index in [1.807, 2.05) is 17.0 Å². The summed E-state index contributed by atoms with van der Waals surface area (Å²) < 4.78 is 1.40. The second-order valence-corrected chi connectivity index (χ2v) is 7.82. The van der Waals surface area contributed by atoms with E-state index < -0.39 is 0 Å². The number of piperazine rings is 1. The molecule has 0 aliphatic carbocycles. The number of phenols is 1. The number of aromatic nitrogens is 2. The van der Waals surface area contributed by atoms with E-state index in [0.29, 0.717) is 54.5 Å².